The normalized spacial score (nSPS) is 28.7. The molecule has 5 heteroatoms. The molecule has 1 aromatic rings. The van der Waals surface area contributed by atoms with Gasteiger partial charge in [0.1, 0.15) is 0 Å². The second-order valence-corrected chi connectivity index (χ2v) is 6.81. The number of carbonyl (C=O) groups excluding carboxylic acids is 1. The van der Waals surface area contributed by atoms with Crippen molar-refractivity contribution in [3.05, 3.63) is 29.8 Å². The second-order valence-electron chi connectivity index (χ2n) is 5.57. The maximum atomic E-state index is 12.7. The molecule has 1 aromatic carbocycles. The number of hydrogen-bond donors (Lipinski definition) is 1. The quantitative estimate of drug-likeness (QED) is 0.864. The number of benzene rings is 1. The number of nitrogens with one attached hydrogen (secondary N) is 1. The first-order valence-electron chi connectivity index (χ1n) is 6.93. The molecule has 0 spiro atoms. The van der Waals surface area contributed by atoms with Crippen molar-refractivity contribution in [1.29, 1.82) is 0 Å². The molecular formula is C15H21ClN2OS. The summed E-state index contributed by atoms with van der Waals surface area (Å²) in [5.74, 6) is 0.307. The number of rotatable bonds is 1. The second kappa shape index (κ2) is 6.37. The molecule has 2 aliphatic heterocycles. The molecule has 1 N–H and O–H groups in total. The lowest BCUT2D eigenvalue weighted by atomic mass is 10.1. The number of nitrogens with zero attached hydrogens (tertiary/aromatic N) is 1. The van der Waals surface area contributed by atoms with Crippen LogP contribution in [0.2, 0.25) is 0 Å². The molecule has 2 heterocycles. The van der Waals surface area contributed by atoms with Gasteiger partial charge in [0, 0.05) is 30.1 Å². The average molecular weight is 313 g/mol. The smallest absolute Gasteiger partial charge is 0.236 e. The Kier molecular flexibility index (Phi) is 4.99. The summed E-state index contributed by atoms with van der Waals surface area (Å²) >= 11 is 1.73. The van der Waals surface area contributed by atoms with Crippen LogP contribution in [0, 0.1) is 0 Å². The van der Waals surface area contributed by atoms with Gasteiger partial charge in [0.2, 0.25) is 5.91 Å². The molecule has 1 saturated heterocycles. The number of thioether (sulfide) groups is 1. The number of fused-ring (bicyclic) bond motifs is 1. The topological polar surface area (TPSA) is 32.3 Å². The molecule has 3 rings (SSSR count). The van der Waals surface area contributed by atoms with Crippen LogP contribution in [-0.4, -0.2) is 41.2 Å². The van der Waals surface area contributed by atoms with E-state index in [9.17, 15) is 4.79 Å². The third-order valence-corrected chi connectivity index (χ3v) is 5.28. The lowest BCUT2D eigenvalue weighted by molar-refractivity contribution is -0.134. The molecule has 20 heavy (non-hydrogen) atoms. The summed E-state index contributed by atoms with van der Waals surface area (Å²) in [4.78, 5) is 16.0. The Hall–Kier alpha value is -0.710. The highest BCUT2D eigenvalue weighted by molar-refractivity contribution is 8.01. The third kappa shape index (κ3) is 2.97. The van der Waals surface area contributed by atoms with Crippen LogP contribution in [0.4, 0.5) is 0 Å². The lowest BCUT2D eigenvalue weighted by Gasteiger charge is -2.38. The molecule has 110 valence electrons. The van der Waals surface area contributed by atoms with E-state index in [1.165, 1.54) is 10.5 Å². The van der Waals surface area contributed by atoms with Gasteiger partial charge in [0.25, 0.3) is 0 Å². The summed E-state index contributed by atoms with van der Waals surface area (Å²) < 4.78 is 0. The van der Waals surface area contributed by atoms with Gasteiger partial charge in [-0.25, -0.2) is 0 Å². The van der Waals surface area contributed by atoms with Crippen molar-refractivity contribution < 1.29 is 4.79 Å². The van der Waals surface area contributed by atoms with Crippen molar-refractivity contribution in [3.8, 4) is 0 Å². The van der Waals surface area contributed by atoms with Crippen molar-refractivity contribution in [3.63, 3.8) is 0 Å². The number of piperazine rings is 1. The van der Waals surface area contributed by atoms with Crippen molar-refractivity contribution in [2.75, 3.05) is 13.1 Å². The van der Waals surface area contributed by atoms with Crippen LogP contribution >= 0.6 is 24.2 Å². The van der Waals surface area contributed by atoms with Crippen molar-refractivity contribution in [2.45, 2.75) is 42.5 Å². The summed E-state index contributed by atoms with van der Waals surface area (Å²) in [7, 11) is 0. The van der Waals surface area contributed by atoms with E-state index in [2.05, 4.69) is 42.3 Å². The molecule has 1 fully saturated rings. The van der Waals surface area contributed by atoms with Crippen LogP contribution in [0.1, 0.15) is 19.4 Å². The van der Waals surface area contributed by atoms with Gasteiger partial charge in [-0.05, 0) is 31.9 Å². The minimum Gasteiger partial charge on any atom is -0.336 e. The number of halogens is 1. The molecule has 0 saturated carbocycles. The maximum Gasteiger partial charge on any atom is 0.236 e. The van der Waals surface area contributed by atoms with E-state index >= 15 is 0 Å². The third-order valence-electron chi connectivity index (χ3n) is 3.97. The Balaban J connectivity index is 0.00000147. The largest absolute Gasteiger partial charge is 0.336 e. The van der Waals surface area contributed by atoms with Crippen molar-refractivity contribution in [2.24, 2.45) is 0 Å². The SMILES string of the molecule is CC1CN(C(=O)C2Cc3ccccc3S2)C(C)CN1.Cl. The van der Waals surface area contributed by atoms with Crippen LogP contribution in [-0.2, 0) is 11.2 Å². The first kappa shape index (κ1) is 15.7. The van der Waals surface area contributed by atoms with Gasteiger partial charge in [0.15, 0.2) is 0 Å². The molecule has 2 aliphatic rings. The predicted octanol–water partition coefficient (Wildman–Crippen LogP) is 2.33. The van der Waals surface area contributed by atoms with E-state index in [1.54, 1.807) is 11.8 Å². The molecule has 3 atom stereocenters. The van der Waals surface area contributed by atoms with Gasteiger partial charge in [0.05, 0.1) is 5.25 Å². The van der Waals surface area contributed by atoms with Crippen LogP contribution in [0.15, 0.2) is 29.2 Å². The minimum atomic E-state index is 0. The fraction of sp³-hybridized carbons (Fsp3) is 0.533. The fourth-order valence-electron chi connectivity index (χ4n) is 2.83. The first-order chi connectivity index (χ1) is 9.15. The van der Waals surface area contributed by atoms with Crippen LogP contribution in [0.3, 0.4) is 0 Å². The van der Waals surface area contributed by atoms with E-state index < -0.39 is 0 Å². The van der Waals surface area contributed by atoms with Crippen LogP contribution < -0.4 is 5.32 Å². The van der Waals surface area contributed by atoms with E-state index in [1.807, 2.05) is 6.07 Å². The summed E-state index contributed by atoms with van der Waals surface area (Å²) in [6.45, 7) is 6.00. The minimum absolute atomic E-state index is 0. The van der Waals surface area contributed by atoms with Gasteiger partial charge >= 0.3 is 0 Å². The highest BCUT2D eigenvalue weighted by Gasteiger charge is 2.35. The summed E-state index contributed by atoms with van der Waals surface area (Å²) in [6.07, 6.45) is 0.880. The molecule has 1 amide bonds. The van der Waals surface area contributed by atoms with Gasteiger partial charge in [-0.2, -0.15) is 0 Å². The molecular weight excluding hydrogens is 292 g/mol. The Morgan fingerprint density at radius 2 is 2.10 bits per heavy atom. The van der Waals surface area contributed by atoms with E-state index in [-0.39, 0.29) is 17.7 Å². The molecule has 0 bridgehead atoms. The molecule has 3 nitrogen and oxygen atoms in total. The van der Waals surface area contributed by atoms with Gasteiger partial charge in [-0.15, -0.1) is 24.2 Å². The fourth-order valence-corrected chi connectivity index (χ4v) is 4.10. The maximum absolute atomic E-state index is 12.7. The molecule has 0 radical (unpaired) electrons. The number of carbonyl (C=O) groups is 1. The Bertz CT molecular complexity index is 472. The zero-order valence-electron chi connectivity index (χ0n) is 11.8. The van der Waals surface area contributed by atoms with Gasteiger partial charge in [-0.3, -0.25) is 4.79 Å². The summed E-state index contributed by atoms with van der Waals surface area (Å²) in [6, 6.07) is 9.06. The molecule has 0 aliphatic carbocycles. The van der Waals surface area contributed by atoms with E-state index in [4.69, 9.17) is 0 Å². The first-order valence-corrected chi connectivity index (χ1v) is 7.81. The highest BCUT2D eigenvalue weighted by atomic mass is 35.5. The lowest BCUT2D eigenvalue weighted by Crippen LogP contribution is -2.57. The summed E-state index contributed by atoms with van der Waals surface area (Å²) in [5, 5.41) is 3.50. The Morgan fingerprint density at radius 1 is 1.35 bits per heavy atom. The van der Waals surface area contributed by atoms with E-state index in [0.717, 1.165) is 19.5 Å². The predicted molar refractivity (Wildman–Crippen MR) is 85.7 cm³/mol. The van der Waals surface area contributed by atoms with Crippen LogP contribution in [0.5, 0.6) is 0 Å². The van der Waals surface area contributed by atoms with Gasteiger partial charge in [-0.1, -0.05) is 18.2 Å². The van der Waals surface area contributed by atoms with Crippen LogP contribution in [0.25, 0.3) is 0 Å². The molecule has 3 unspecified atom stereocenters. The van der Waals surface area contributed by atoms with Crippen molar-refractivity contribution in [1.82, 2.24) is 10.2 Å². The van der Waals surface area contributed by atoms with Gasteiger partial charge < -0.3 is 10.2 Å². The number of hydrogen-bond acceptors (Lipinski definition) is 3. The van der Waals surface area contributed by atoms with E-state index in [0.29, 0.717) is 18.0 Å². The Labute approximate surface area is 130 Å². The monoisotopic (exact) mass is 312 g/mol. The number of amides is 1. The highest BCUT2D eigenvalue weighted by Crippen LogP contribution is 2.37. The average Bonchev–Trinajstić information content (AvgIpc) is 2.84. The Morgan fingerprint density at radius 3 is 2.85 bits per heavy atom. The zero-order valence-corrected chi connectivity index (χ0v) is 13.5. The molecule has 0 aromatic heterocycles. The standard InChI is InChI=1S/C15H20N2OS.ClH/c1-10-9-17(11(2)8-16-10)15(18)14-7-12-5-3-4-6-13(12)19-14;/h3-6,10-11,14,16H,7-9H2,1-2H3;1H. The zero-order chi connectivity index (χ0) is 13.4. The van der Waals surface area contributed by atoms with Crippen molar-refractivity contribution >= 4 is 30.1 Å². The summed E-state index contributed by atoms with van der Waals surface area (Å²) in [5.41, 5.74) is 1.32.